The second-order valence-corrected chi connectivity index (χ2v) is 4.59. The summed E-state index contributed by atoms with van der Waals surface area (Å²) in [5.74, 6) is 0. The summed E-state index contributed by atoms with van der Waals surface area (Å²) in [6, 6.07) is 1.47. The fraction of sp³-hybridized carbons (Fsp3) is 0.833. The lowest BCUT2D eigenvalue weighted by molar-refractivity contribution is 0.115. The number of nitrogens with two attached hydrogens (primary N) is 1. The third-order valence-electron chi connectivity index (χ3n) is 3.27. The highest BCUT2D eigenvalue weighted by Gasteiger charge is 2.23. The molecule has 0 spiro atoms. The molecule has 0 aromatic carbocycles. The van der Waals surface area contributed by atoms with Crippen molar-refractivity contribution >= 4 is 0 Å². The molecule has 2 unspecified atom stereocenters. The summed E-state index contributed by atoms with van der Waals surface area (Å²) in [6.07, 6.45) is 6.22. The molecule has 0 saturated carbocycles. The summed E-state index contributed by atoms with van der Waals surface area (Å²) >= 11 is 0. The minimum atomic E-state index is 0.669. The van der Waals surface area contributed by atoms with Crippen LogP contribution in [0.5, 0.6) is 0 Å². The van der Waals surface area contributed by atoms with Crippen molar-refractivity contribution in [1.29, 1.82) is 0 Å². The first-order valence-corrected chi connectivity index (χ1v) is 5.76. The Bertz CT molecular complexity index is 188. The molecule has 2 N–H and O–H groups in total. The quantitative estimate of drug-likeness (QED) is 0.701. The predicted octanol–water partition coefficient (Wildman–Crippen LogP) is 2.15. The molecule has 1 saturated heterocycles. The van der Waals surface area contributed by atoms with Crippen LogP contribution >= 0.6 is 0 Å². The summed E-state index contributed by atoms with van der Waals surface area (Å²) < 4.78 is 0. The number of rotatable bonds is 3. The third kappa shape index (κ3) is 3.10. The van der Waals surface area contributed by atoms with Crippen LogP contribution in [0, 0.1) is 0 Å². The monoisotopic (exact) mass is 196 g/mol. The van der Waals surface area contributed by atoms with Gasteiger partial charge in [0.2, 0.25) is 0 Å². The van der Waals surface area contributed by atoms with Gasteiger partial charge in [-0.25, -0.2) is 0 Å². The maximum absolute atomic E-state index is 5.51. The van der Waals surface area contributed by atoms with Gasteiger partial charge in [-0.05, 0) is 33.6 Å². The normalized spacial score (nSPS) is 30.7. The molecule has 2 nitrogen and oxygen atoms in total. The largest absolute Gasteiger partial charge is 0.327 e. The van der Waals surface area contributed by atoms with Gasteiger partial charge in [-0.2, -0.15) is 0 Å². The fourth-order valence-corrected chi connectivity index (χ4v) is 2.34. The van der Waals surface area contributed by atoms with E-state index in [4.69, 9.17) is 5.73 Å². The molecule has 1 fully saturated rings. The van der Waals surface area contributed by atoms with E-state index in [1.807, 2.05) is 0 Å². The third-order valence-corrected chi connectivity index (χ3v) is 3.27. The van der Waals surface area contributed by atoms with Crippen LogP contribution in [0.15, 0.2) is 11.6 Å². The van der Waals surface area contributed by atoms with E-state index in [1.165, 1.54) is 24.8 Å². The van der Waals surface area contributed by atoms with Crippen molar-refractivity contribution in [3.8, 4) is 0 Å². The van der Waals surface area contributed by atoms with Crippen molar-refractivity contribution in [2.24, 2.45) is 5.73 Å². The number of hydrogen-bond donors (Lipinski definition) is 1. The molecule has 1 aliphatic heterocycles. The molecule has 1 rings (SSSR count). The smallest absolute Gasteiger partial charge is 0.0196 e. The minimum Gasteiger partial charge on any atom is -0.327 e. The van der Waals surface area contributed by atoms with Crippen molar-refractivity contribution in [1.82, 2.24) is 4.90 Å². The molecule has 0 amide bonds. The van der Waals surface area contributed by atoms with E-state index in [0.717, 1.165) is 18.6 Å². The zero-order valence-corrected chi connectivity index (χ0v) is 9.79. The first kappa shape index (κ1) is 11.7. The summed E-state index contributed by atoms with van der Waals surface area (Å²) in [5, 5.41) is 0. The Morgan fingerprint density at radius 2 is 1.93 bits per heavy atom. The SMILES string of the molecule is C/C(=C\CN)CN1C(C)CCCC1C. The minimum absolute atomic E-state index is 0.669. The highest BCUT2D eigenvalue weighted by molar-refractivity contribution is 5.03. The van der Waals surface area contributed by atoms with Gasteiger partial charge in [0.15, 0.2) is 0 Å². The molecule has 1 heterocycles. The Morgan fingerprint density at radius 1 is 1.36 bits per heavy atom. The van der Waals surface area contributed by atoms with Crippen molar-refractivity contribution in [2.45, 2.75) is 52.1 Å². The van der Waals surface area contributed by atoms with Crippen LogP contribution < -0.4 is 5.73 Å². The first-order chi connectivity index (χ1) is 6.65. The van der Waals surface area contributed by atoms with Crippen molar-refractivity contribution in [3.63, 3.8) is 0 Å². The van der Waals surface area contributed by atoms with Gasteiger partial charge in [-0.1, -0.05) is 18.1 Å². The highest BCUT2D eigenvalue weighted by Crippen LogP contribution is 2.23. The Hall–Kier alpha value is -0.340. The molecule has 1 aliphatic rings. The lowest BCUT2D eigenvalue weighted by atomic mass is 9.97. The van der Waals surface area contributed by atoms with Crippen LogP contribution in [-0.4, -0.2) is 30.1 Å². The van der Waals surface area contributed by atoms with E-state index in [1.54, 1.807) is 0 Å². The second-order valence-electron chi connectivity index (χ2n) is 4.59. The fourth-order valence-electron chi connectivity index (χ4n) is 2.34. The summed E-state index contributed by atoms with van der Waals surface area (Å²) in [6.45, 7) is 8.62. The second kappa shape index (κ2) is 5.52. The Balaban J connectivity index is 2.51. The summed E-state index contributed by atoms with van der Waals surface area (Å²) in [5.41, 5.74) is 6.92. The molecule has 2 atom stereocenters. The van der Waals surface area contributed by atoms with E-state index in [0.29, 0.717) is 6.54 Å². The van der Waals surface area contributed by atoms with Gasteiger partial charge < -0.3 is 5.73 Å². The van der Waals surface area contributed by atoms with E-state index < -0.39 is 0 Å². The molecule has 14 heavy (non-hydrogen) atoms. The van der Waals surface area contributed by atoms with Crippen LogP contribution in [0.1, 0.15) is 40.0 Å². The standard InChI is InChI=1S/C12H24N2/c1-10(7-8-13)9-14-11(2)5-4-6-12(14)3/h7,11-12H,4-6,8-9,13H2,1-3H3/b10-7+. The Morgan fingerprint density at radius 3 is 2.43 bits per heavy atom. The molecule has 0 bridgehead atoms. The molecule has 82 valence electrons. The van der Waals surface area contributed by atoms with Gasteiger partial charge in [0.05, 0.1) is 0 Å². The molecule has 0 aromatic heterocycles. The maximum Gasteiger partial charge on any atom is 0.0196 e. The van der Waals surface area contributed by atoms with Gasteiger partial charge in [0.25, 0.3) is 0 Å². The number of nitrogens with zero attached hydrogens (tertiary/aromatic N) is 1. The average Bonchev–Trinajstić information content (AvgIpc) is 2.12. The highest BCUT2D eigenvalue weighted by atomic mass is 15.2. The van der Waals surface area contributed by atoms with Gasteiger partial charge >= 0.3 is 0 Å². The molecular weight excluding hydrogens is 172 g/mol. The molecule has 0 aliphatic carbocycles. The molecule has 0 aromatic rings. The predicted molar refractivity (Wildman–Crippen MR) is 62.3 cm³/mol. The zero-order chi connectivity index (χ0) is 10.6. The van der Waals surface area contributed by atoms with Gasteiger partial charge in [-0.3, -0.25) is 4.90 Å². The number of likely N-dealkylation sites (tertiary alicyclic amines) is 1. The summed E-state index contributed by atoms with van der Waals surface area (Å²) in [7, 11) is 0. The zero-order valence-electron chi connectivity index (χ0n) is 9.79. The van der Waals surface area contributed by atoms with Crippen molar-refractivity contribution in [2.75, 3.05) is 13.1 Å². The molecule has 2 heteroatoms. The van der Waals surface area contributed by atoms with Crippen LogP contribution in [-0.2, 0) is 0 Å². The van der Waals surface area contributed by atoms with E-state index >= 15 is 0 Å². The van der Waals surface area contributed by atoms with E-state index in [9.17, 15) is 0 Å². The molecule has 0 radical (unpaired) electrons. The number of piperidine rings is 1. The maximum atomic E-state index is 5.51. The van der Waals surface area contributed by atoms with Crippen LogP contribution in [0.25, 0.3) is 0 Å². The topological polar surface area (TPSA) is 29.3 Å². The van der Waals surface area contributed by atoms with Crippen molar-refractivity contribution in [3.05, 3.63) is 11.6 Å². The Labute approximate surface area is 88.2 Å². The molecular formula is C12H24N2. The average molecular weight is 196 g/mol. The van der Waals surface area contributed by atoms with Crippen LogP contribution in [0.3, 0.4) is 0 Å². The van der Waals surface area contributed by atoms with E-state index in [2.05, 4.69) is 31.7 Å². The van der Waals surface area contributed by atoms with Gasteiger partial charge in [0, 0.05) is 25.2 Å². The van der Waals surface area contributed by atoms with Crippen molar-refractivity contribution < 1.29 is 0 Å². The lowest BCUT2D eigenvalue weighted by Gasteiger charge is -2.39. The summed E-state index contributed by atoms with van der Waals surface area (Å²) in [4.78, 5) is 2.60. The number of hydrogen-bond acceptors (Lipinski definition) is 2. The van der Waals surface area contributed by atoms with Gasteiger partial charge in [0.1, 0.15) is 0 Å². The van der Waals surface area contributed by atoms with E-state index in [-0.39, 0.29) is 0 Å². The lowest BCUT2D eigenvalue weighted by Crippen LogP contribution is -2.44. The van der Waals surface area contributed by atoms with Crippen LogP contribution in [0.2, 0.25) is 0 Å². The van der Waals surface area contributed by atoms with Crippen LogP contribution in [0.4, 0.5) is 0 Å². The van der Waals surface area contributed by atoms with Gasteiger partial charge in [-0.15, -0.1) is 0 Å². The Kier molecular flexibility index (Phi) is 4.63. The first-order valence-electron chi connectivity index (χ1n) is 5.76.